The second-order valence-electron chi connectivity index (χ2n) is 7.91. The van der Waals surface area contributed by atoms with Gasteiger partial charge in [-0.1, -0.05) is 24.3 Å². The van der Waals surface area contributed by atoms with Crippen molar-refractivity contribution in [2.45, 2.75) is 39.3 Å². The maximum absolute atomic E-state index is 13.3. The topological polar surface area (TPSA) is 79.0 Å². The van der Waals surface area contributed by atoms with Crippen molar-refractivity contribution in [3.05, 3.63) is 59.2 Å². The molecule has 7 nitrogen and oxygen atoms in total. The lowest BCUT2D eigenvalue weighted by Gasteiger charge is -2.26. The number of carbonyl (C=O) groups is 3. The third-order valence-corrected chi connectivity index (χ3v) is 5.83. The predicted octanol–water partition coefficient (Wildman–Crippen LogP) is 2.66. The van der Waals surface area contributed by atoms with Crippen LogP contribution in [0.3, 0.4) is 0 Å². The van der Waals surface area contributed by atoms with Crippen molar-refractivity contribution in [3.63, 3.8) is 0 Å². The molecule has 1 N–H and O–H groups in total. The molecule has 0 aromatic heterocycles. The van der Waals surface area contributed by atoms with Crippen molar-refractivity contribution in [1.82, 2.24) is 10.2 Å². The molecule has 0 aliphatic carbocycles. The summed E-state index contributed by atoms with van der Waals surface area (Å²) in [5.41, 5.74) is 2.77. The molecule has 4 rings (SSSR count). The quantitative estimate of drug-likeness (QED) is 0.778. The lowest BCUT2D eigenvalue weighted by molar-refractivity contribution is -0.125. The molecule has 0 unspecified atom stereocenters. The summed E-state index contributed by atoms with van der Waals surface area (Å²) in [6, 6.07) is 12.4. The monoisotopic (exact) mass is 421 g/mol. The van der Waals surface area contributed by atoms with Gasteiger partial charge in [-0.25, -0.2) is 0 Å². The Morgan fingerprint density at radius 2 is 1.94 bits per heavy atom. The summed E-state index contributed by atoms with van der Waals surface area (Å²) in [7, 11) is 0. The molecule has 162 valence electrons. The van der Waals surface area contributed by atoms with E-state index >= 15 is 0 Å². The van der Waals surface area contributed by atoms with Crippen LogP contribution in [-0.4, -0.2) is 48.4 Å². The zero-order valence-corrected chi connectivity index (χ0v) is 17.9. The fourth-order valence-electron chi connectivity index (χ4n) is 4.33. The molecule has 1 atom stereocenters. The highest BCUT2D eigenvalue weighted by atomic mass is 16.5. The highest BCUT2D eigenvalue weighted by Crippen LogP contribution is 2.34. The summed E-state index contributed by atoms with van der Waals surface area (Å²) < 4.78 is 5.44. The number of aryl methyl sites for hydroxylation is 1. The number of anilines is 1. The first kappa shape index (κ1) is 20.9. The van der Waals surface area contributed by atoms with Gasteiger partial charge < -0.3 is 19.9 Å². The molecule has 2 aromatic carbocycles. The Kier molecular flexibility index (Phi) is 5.93. The van der Waals surface area contributed by atoms with E-state index in [0.717, 1.165) is 23.3 Å². The molecule has 0 bridgehead atoms. The van der Waals surface area contributed by atoms with Crippen LogP contribution in [0.25, 0.3) is 0 Å². The van der Waals surface area contributed by atoms with E-state index in [9.17, 15) is 14.4 Å². The summed E-state index contributed by atoms with van der Waals surface area (Å²) in [4.78, 5) is 42.3. The minimum Gasteiger partial charge on any atom is -0.494 e. The van der Waals surface area contributed by atoms with Gasteiger partial charge in [-0.05, 0) is 56.0 Å². The Hall–Kier alpha value is -3.35. The van der Waals surface area contributed by atoms with Crippen LogP contribution in [0.1, 0.15) is 41.3 Å². The van der Waals surface area contributed by atoms with E-state index in [1.807, 2.05) is 50.2 Å². The number of nitrogens with zero attached hydrogens (tertiary/aromatic N) is 2. The second-order valence-corrected chi connectivity index (χ2v) is 7.91. The lowest BCUT2D eigenvalue weighted by Crippen LogP contribution is -2.48. The summed E-state index contributed by atoms with van der Waals surface area (Å²) >= 11 is 0. The Labute approximate surface area is 182 Å². The van der Waals surface area contributed by atoms with Crippen LogP contribution in [0, 0.1) is 6.92 Å². The van der Waals surface area contributed by atoms with Gasteiger partial charge in [0.15, 0.2) is 0 Å². The van der Waals surface area contributed by atoms with E-state index in [2.05, 4.69) is 5.32 Å². The van der Waals surface area contributed by atoms with Gasteiger partial charge in [0, 0.05) is 13.1 Å². The van der Waals surface area contributed by atoms with Crippen molar-refractivity contribution in [2.75, 3.05) is 24.6 Å². The first-order chi connectivity index (χ1) is 15.0. The predicted molar refractivity (Wildman–Crippen MR) is 117 cm³/mol. The normalized spacial score (nSPS) is 17.8. The van der Waals surface area contributed by atoms with Crippen LogP contribution < -0.4 is 15.0 Å². The number of fused-ring (bicyclic) bond motifs is 2. The number of hydrogen-bond donors (Lipinski definition) is 1. The van der Waals surface area contributed by atoms with E-state index in [4.69, 9.17) is 4.74 Å². The maximum atomic E-state index is 13.3. The van der Waals surface area contributed by atoms with Gasteiger partial charge in [0.25, 0.3) is 5.91 Å². The molecule has 2 heterocycles. The molecule has 7 heteroatoms. The first-order valence-corrected chi connectivity index (χ1v) is 10.7. The molecule has 1 saturated heterocycles. The highest BCUT2D eigenvalue weighted by molar-refractivity contribution is 6.13. The number of amides is 3. The fraction of sp³-hybridized carbons (Fsp3) is 0.375. The Morgan fingerprint density at radius 1 is 1.16 bits per heavy atom. The number of hydrogen-bond acceptors (Lipinski definition) is 4. The average Bonchev–Trinajstić information content (AvgIpc) is 3.24. The minimum atomic E-state index is -0.502. The van der Waals surface area contributed by atoms with Gasteiger partial charge >= 0.3 is 0 Å². The summed E-state index contributed by atoms with van der Waals surface area (Å²) in [6.07, 6.45) is 1.42. The highest BCUT2D eigenvalue weighted by Gasteiger charge is 2.42. The molecule has 0 saturated carbocycles. The van der Waals surface area contributed by atoms with Crippen molar-refractivity contribution < 1.29 is 19.1 Å². The van der Waals surface area contributed by atoms with Gasteiger partial charge in [0.2, 0.25) is 11.8 Å². The van der Waals surface area contributed by atoms with Crippen molar-refractivity contribution in [3.8, 4) is 5.75 Å². The summed E-state index contributed by atoms with van der Waals surface area (Å²) in [6.45, 7) is 5.19. The maximum Gasteiger partial charge on any atom is 0.256 e. The van der Waals surface area contributed by atoms with Crippen LogP contribution >= 0.6 is 0 Å². The zero-order valence-electron chi connectivity index (χ0n) is 17.9. The Bertz CT molecular complexity index is 1000. The van der Waals surface area contributed by atoms with Crippen LogP contribution in [0.4, 0.5) is 5.69 Å². The number of benzene rings is 2. The fourth-order valence-corrected chi connectivity index (χ4v) is 4.33. The van der Waals surface area contributed by atoms with Crippen LogP contribution in [0.5, 0.6) is 5.75 Å². The standard InChI is InChI=1S/C24H27N3O4/c1-3-31-18-11-9-17(10-12-18)14-25-21(28)15-27-22-16(2)6-4-7-19(22)23(29)26-13-5-8-20(26)24(27)30/h4,6-7,9-12,20H,3,5,8,13-15H2,1-2H3,(H,25,28)/t20-/m1/s1. The molecule has 2 aliphatic rings. The van der Waals surface area contributed by atoms with Crippen LogP contribution in [0.2, 0.25) is 0 Å². The van der Waals surface area contributed by atoms with Crippen molar-refractivity contribution in [2.24, 2.45) is 0 Å². The molecule has 2 aliphatic heterocycles. The third-order valence-electron chi connectivity index (χ3n) is 5.83. The number of ether oxygens (including phenoxy) is 1. The van der Waals surface area contributed by atoms with E-state index in [-0.39, 0.29) is 24.3 Å². The van der Waals surface area contributed by atoms with Crippen molar-refractivity contribution in [1.29, 1.82) is 0 Å². The van der Waals surface area contributed by atoms with E-state index in [1.165, 1.54) is 4.90 Å². The van der Waals surface area contributed by atoms with Gasteiger partial charge in [-0.3, -0.25) is 14.4 Å². The van der Waals surface area contributed by atoms with Gasteiger partial charge in [-0.2, -0.15) is 0 Å². The molecule has 2 aromatic rings. The number of carbonyl (C=O) groups excluding carboxylic acids is 3. The molecule has 1 fully saturated rings. The molecule has 31 heavy (non-hydrogen) atoms. The third kappa shape index (κ3) is 4.13. The van der Waals surface area contributed by atoms with E-state index < -0.39 is 6.04 Å². The molecular formula is C24H27N3O4. The first-order valence-electron chi connectivity index (χ1n) is 10.7. The van der Waals surface area contributed by atoms with Gasteiger partial charge in [0.05, 0.1) is 17.9 Å². The van der Waals surface area contributed by atoms with Gasteiger partial charge in [-0.15, -0.1) is 0 Å². The average molecular weight is 421 g/mol. The molecule has 0 spiro atoms. The van der Waals surface area contributed by atoms with Crippen LogP contribution in [-0.2, 0) is 16.1 Å². The number of nitrogens with one attached hydrogen (secondary N) is 1. The molecular weight excluding hydrogens is 394 g/mol. The Balaban J connectivity index is 1.52. The minimum absolute atomic E-state index is 0.120. The van der Waals surface area contributed by atoms with E-state index in [0.29, 0.717) is 37.4 Å². The lowest BCUT2D eigenvalue weighted by atomic mass is 10.1. The Morgan fingerprint density at radius 3 is 2.68 bits per heavy atom. The summed E-state index contributed by atoms with van der Waals surface area (Å²) in [5.74, 6) is 0.197. The molecule has 0 radical (unpaired) electrons. The molecule has 3 amide bonds. The number of rotatable bonds is 6. The van der Waals surface area contributed by atoms with E-state index in [1.54, 1.807) is 11.0 Å². The second kappa shape index (κ2) is 8.79. The van der Waals surface area contributed by atoms with Crippen LogP contribution in [0.15, 0.2) is 42.5 Å². The number of para-hydroxylation sites is 1. The zero-order chi connectivity index (χ0) is 22.0. The largest absolute Gasteiger partial charge is 0.494 e. The smallest absolute Gasteiger partial charge is 0.256 e. The summed E-state index contributed by atoms with van der Waals surface area (Å²) in [5, 5.41) is 2.89. The van der Waals surface area contributed by atoms with Gasteiger partial charge in [0.1, 0.15) is 18.3 Å². The SMILES string of the molecule is CCOc1ccc(CNC(=O)CN2C(=O)[C@H]3CCCN3C(=O)c3cccc(C)c32)cc1. The van der Waals surface area contributed by atoms with Crippen molar-refractivity contribution >= 4 is 23.4 Å².